The lowest BCUT2D eigenvalue weighted by Gasteiger charge is -2.08. The molecule has 0 amide bonds. The molecule has 11 nitrogen and oxygen atoms in total. The molecule has 1 aromatic heterocycles. The summed E-state index contributed by atoms with van der Waals surface area (Å²) in [6.45, 7) is 0. The molecule has 0 saturated carbocycles. The van der Waals surface area contributed by atoms with Gasteiger partial charge in [0.25, 0.3) is 11.4 Å². The molecule has 0 unspecified atom stereocenters. The monoisotopic (exact) mass is 431 g/mol. The van der Waals surface area contributed by atoms with Gasteiger partial charge in [-0.25, -0.2) is 4.68 Å². The van der Waals surface area contributed by atoms with E-state index in [2.05, 4.69) is 5.10 Å². The van der Waals surface area contributed by atoms with Crippen molar-refractivity contribution in [1.29, 1.82) is 0 Å². The molecule has 0 N–H and O–H groups in total. The summed E-state index contributed by atoms with van der Waals surface area (Å²) in [5.41, 5.74) is 1.21. The lowest BCUT2D eigenvalue weighted by molar-refractivity contribution is -0.394. The van der Waals surface area contributed by atoms with Crippen molar-refractivity contribution >= 4 is 17.1 Å². The first-order chi connectivity index (χ1) is 15.3. The molecule has 4 rings (SSSR count). The van der Waals surface area contributed by atoms with E-state index in [4.69, 9.17) is 0 Å². The average molecular weight is 431 g/mol. The summed E-state index contributed by atoms with van der Waals surface area (Å²) in [4.78, 5) is 31.8. The van der Waals surface area contributed by atoms with Gasteiger partial charge in [-0.2, -0.15) is 5.10 Å². The molecule has 0 bridgehead atoms. The Morgan fingerprint density at radius 3 is 1.88 bits per heavy atom. The Bertz CT molecular complexity index is 1350. The van der Waals surface area contributed by atoms with Crippen molar-refractivity contribution < 1.29 is 14.8 Å². The Balaban J connectivity index is 1.95. The third-order valence-electron chi connectivity index (χ3n) is 4.75. The van der Waals surface area contributed by atoms with Crippen LogP contribution in [0.3, 0.4) is 0 Å². The highest BCUT2D eigenvalue weighted by Crippen LogP contribution is 2.34. The molecule has 0 fully saturated rings. The van der Waals surface area contributed by atoms with E-state index in [9.17, 15) is 30.3 Å². The third-order valence-corrected chi connectivity index (χ3v) is 4.75. The number of hydrogen-bond donors (Lipinski definition) is 0. The van der Waals surface area contributed by atoms with Gasteiger partial charge in [0.1, 0.15) is 5.69 Å². The van der Waals surface area contributed by atoms with Crippen LogP contribution in [0.1, 0.15) is 0 Å². The predicted octanol–water partition coefficient (Wildman–Crippen LogP) is 4.93. The van der Waals surface area contributed by atoms with Gasteiger partial charge in [-0.3, -0.25) is 30.3 Å². The maximum Gasteiger partial charge on any atom is 0.301 e. The van der Waals surface area contributed by atoms with Gasteiger partial charge in [-0.05, 0) is 24.3 Å². The first-order valence-corrected chi connectivity index (χ1v) is 9.18. The molecule has 11 heteroatoms. The summed E-state index contributed by atoms with van der Waals surface area (Å²) in [5, 5.41) is 38.3. The maximum absolute atomic E-state index is 11.7. The zero-order chi connectivity index (χ0) is 22.8. The molecule has 0 radical (unpaired) electrons. The van der Waals surface area contributed by atoms with Crippen LogP contribution in [0.5, 0.6) is 0 Å². The van der Waals surface area contributed by atoms with E-state index >= 15 is 0 Å². The average Bonchev–Trinajstić information content (AvgIpc) is 3.24. The Labute approximate surface area is 179 Å². The molecule has 0 spiro atoms. The topological polar surface area (TPSA) is 147 Å². The first-order valence-electron chi connectivity index (χ1n) is 9.18. The lowest BCUT2D eigenvalue weighted by atomic mass is 10.1. The van der Waals surface area contributed by atoms with E-state index < -0.39 is 26.1 Å². The Hall–Kier alpha value is -4.93. The second-order valence-electron chi connectivity index (χ2n) is 6.68. The van der Waals surface area contributed by atoms with Crippen molar-refractivity contribution in [3.05, 3.63) is 109 Å². The SMILES string of the molecule is O=[N+]([O-])c1ccc(-c2cc(-c3ccccc3)nn2-c2ccc([N+](=O)[O-])cc2[N+](=O)[O-])cc1. The fourth-order valence-electron chi connectivity index (χ4n) is 3.22. The van der Waals surface area contributed by atoms with Crippen molar-refractivity contribution in [3.63, 3.8) is 0 Å². The van der Waals surface area contributed by atoms with Crippen LogP contribution < -0.4 is 0 Å². The van der Waals surface area contributed by atoms with Crippen LogP contribution in [0.25, 0.3) is 28.2 Å². The molecular formula is C21H13N5O6. The van der Waals surface area contributed by atoms with Crippen LogP contribution in [-0.2, 0) is 0 Å². The largest absolute Gasteiger partial charge is 0.301 e. The number of nitro groups is 3. The van der Waals surface area contributed by atoms with Gasteiger partial charge in [0, 0.05) is 29.3 Å². The third kappa shape index (κ3) is 3.77. The Morgan fingerprint density at radius 2 is 1.28 bits per heavy atom. The van der Waals surface area contributed by atoms with Crippen LogP contribution in [0.2, 0.25) is 0 Å². The zero-order valence-electron chi connectivity index (χ0n) is 16.2. The predicted molar refractivity (Wildman–Crippen MR) is 114 cm³/mol. The number of nitro benzene ring substituents is 3. The van der Waals surface area contributed by atoms with E-state index in [1.165, 1.54) is 35.0 Å². The van der Waals surface area contributed by atoms with Gasteiger partial charge in [-0.1, -0.05) is 30.3 Å². The molecule has 3 aromatic carbocycles. The van der Waals surface area contributed by atoms with E-state index in [0.29, 0.717) is 17.0 Å². The molecular weight excluding hydrogens is 418 g/mol. The van der Waals surface area contributed by atoms with E-state index in [1.54, 1.807) is 6.07 Å². The molecule has 1 heterocycles. The molecule has 0 aliphatic heterocycles. The number of benzene rings is 3. The number of aromatic nitrogens is 2. The fourth-order valence-corrected chi connectivity index (χ4v) is 3.22. The lowest BCUT2D eigenvalue weighted by Crippen LogP contribution is -2.04. The summed E-state index contributed by atoms with van der Waals surface area (Å²) in [6.07, 6.45) is 0. The van der Waals surface area contributed by atoms with E-state index in [0.717, 1.165) is 17.7 Å². The quantitative estimate of drug-likeness (QED) is 0.310. The molecule has 32 heavy (non-hydrogen) atoms. The van der Waals surface area contributed by atoms with Crippen LogP contribution in [0.4, 0.5) is 17.1 Å². The molecule has 0 aliphatic rings. The molecule has 0 aliphatic carbocycles. The normalized spacial score (nSPS) is 10.6. The van der Waals surface area contributed by atoms with Gasteiger partial charge < -0.3 is 0 Å². The van der Waals surface area contributed by atoms with Gasteiger partial charge in [0.15, 0.2) is 0 Å². The van der Waals surface area contributed by atoms with Gasteiger partial charge in [-0.15, -0.1) is 0 Å². The van der Waals surface area contributed by atoms with Crippen molar-refractivity contribution in [3.8, 4) is 28.2 Å². The highest BCUT2D eigenvalue weighted by Gasteiger charge is 2.24. The van der Waals surface area contributed by atoms with Gasteiger partial charge >= 0.3 is 5.69 Å². The molecule has 0 atom stereocenters. The highest BCUT2D eigenvalue weighted by molar-refractivity contribution is 5.73. The van der Waals surface area contributed by atoms with Crippen molar-refractivity contribution in [2.75, 3.05) is 0 Å². The van der Waals surface area contributed by atoms with Crippen LogP contribution >= 0.6 is 0 Å². The second-order valence-corrected chi connectivity index (χ2v) is 6.68. The number of rotatable bonds is 6. The number of hydrogen-bond acceptors (Lipinski definition) is 7. The number of non-ortho nitro benzene ring substituents is 2. The minimum atomic E-state index is -0.716. The van der Waals surface area contributed by atoms with E-state index in [-0.39, 0.29) is 11.4 Å². The second kappa shape index (κ2) is 8.07. The Kier molecular flexibility index (Phi) is 5.13. The van der Waals surface area contributed by atoms with Crippen LogP contribution in [-0.4, -0.2) is 24.6 Å². The van der Waals surface area contributed by atoms with Crippen LogP contribution in [0, 0.1) is 30.3 Å². The number of nitrogens with zero attached hydrogens (tertiary/aromatic N) is 5. The van der Waals surface area contributed by atoms with Gasteiger partial charge in [0.2, 0.25) is 0 Å². The van der Waals surface area contributed by atoms with Crippen molar-refractivity contribution in [2.45, 2.75) is 0 Å². The molecule has 0 saturated heterocycles. The summed E-state index contributed by atoms with van der Waals surface area (Å²) in [6, 6.07) is 19.7. The minimum absolute atomic E-state index is 0.0242. The standard InChI is InChI=1S/C21H13N5O6/c27-24(28)16-8-6-15(7-9-16)20-13-18(14-4-2-1-3-5-14)22-23(20)19-11-10-17(25(29)30)12-21(19)26(31)32/h1-13H. The fraction of sp³-hybridized carbons (Fsp3) is 0. The van der Waals surface area contributed by atoms with Crippen molar-refractivity contribution in [2.24, 2.45) is 0 Å². The zero-order valence-corrected chi connectivity index (χ0v) is 16.2. The summed E-state index contributed by atoms with van der Waals surface area (Å²) < 4.78 is 1.31. The van der Waals surface area contributed by atoms with Crippen LogP contribution in [0.15, 0.2) is 78.9 Å². The maximum atomic E-state index is 11.7. The first kappa shape index (κ1) is 20.3. The minimum Gasteiger partial charge on any atom is -0.258 e. The van der Waals surface area contributed by atoms with Crippen molar-refractivity contribution in [1.82, 2.24) is 9.78 Å². The summed E-state index contributed by atoms with van der Waals surface area (Å²) in [7, 11) is 0. The highest BCUT2D eigenvalue weighted by atomic mass is 16.6. The molecule has 4 aromatic rings. The smallest absolute Gasteiger partial charge is 0.258 e. The van der Waals surface area contributed by atoms with Gasteiger partial charge in [0.05, 0.1) is 32.2 Å². The Morgan fingerprint density at radius 1 is 0.656 bits per heavy atom. The summed E-state index contributed by atoms with van der Waals surface area (Å²) >= 11 is 0. The molecule has 158 valence electrons. The van der Waals surface area contributed by atoms with E-state index in [1.807, 2.05) is 30.3 Å². The summed E-state index contributed by atoms with van der Waals surface area (Å²) in [5.74, 6) is 0.